The highest BCUT2D eigenvalue weighted by atomic mass is 32.2. The largest absolute Gasteiger partial charge is 0.321 e. The lowest BCUT2D eigenvalue weighted by molar-refractivity contribution is 0.102. The van der Waals surface area contributed by atoms with Crippen LogP contribution in [0.4, 0.5) is 5.69 Å². The van der Waals surface area contributed by atoms with Gasteiger partial charge in [-0.3, -0.25) is 9.48 Å². The van der Waals surface area contributed by atoms with Crippen molar-refractivity contribution in [2.45, 2.75) is 5.75 Å². The van der Waals surface area contributed by atoms with E-state index in [2.05, 4.69) is 26.7 Å². The number of hydrogen-bond acceptors (Lipinski definition) is 6. The molecule has 0 aliphatic heterocycles. The van der Waals surface area contributed by atoms with E-state index in [1.54, 1.807) is 40.5 Å². The maximum Gasteiger partial charge on any atom is 0.275 e. The van der Waals surface area contributed by atoms with Crippen LogP contribution in [-0.2, 0) is 22.8 Å². The molecule has 28 heavy (non-hydrogen) atoms. The molecule has 1 amide bonds. The first kappa shape index (κ1) is 19.9. The van der Waals surface area contributed by atoms with Gasteiger partial charge in [0.15, 0.2) is 0 Å². The first-order chi connectivity index (χ1) is 13.4. The number of aromatic nitrogens is 3. The molecule has 10 heteroatoms. The smallest absolute Gasteiger partial charge is 0.275 e. The quantitative estimate of drug-likeness (QED) is 0.548. The second-order valence-electron chi connectivity index (χ2n) is 5.99. The van der Waals surface area contributed by atoms with Crippen molar-refractivity contribution < 1.29 is 13.2 Å². The highest BCUT2D eigenvalue weighted by Crippen LogP contribution is 2.23. The predicted molar refractivity (Wildman–Crippen MR) is 110 cm³/mol. The standard InChI is InChI=1S/C18H19N5O3S2/c1-3-8-20-28(25,26)12-13-4-6-15(7-5-13)21-17(24)16-11-27-18(22-16)14-9-19-23(2)10-14/h3-7,9-11,20H,1,8,12H2,2H3,(H,21,24). The number of anilines is 1. The number of amides is 1. The first-order valence-corrected chi connectivity index (χ1v) is 10.8. The molecule has 2 heterocycles. The zero-order chi connectivity index (χ0) is 20.1. The number of carbonyl (C=O) groups excluding carboxylic acids is 1. The molecular formula is C18H19N5O3S2. The topological polar surface area (TPSA) is 106 Å². The summed E-state index contributed by atoms with van der Waals surface area (Å²) in [6.07, 6.45) is 5.00. The van der Waals surface area contributed by atoms with E-state index in [-0.39, 0.29) is 18.2 Å². The average Bonchev–Trinajstić information content (AvgIpc) is 3.30. The van der Waals surface area contributed by atoms with E-state index >= 15 is 0 Å². The lowest BCUT2D eigenvalue weighted by atomic mass is 10.2. The van der Waals surface area contributed by atoms with Crippen molar-refractivity contribution in [2.75, 3.05) is 11.9 Å². The second-order valence-corrected chi connectivity index (χ2v) is 8.65. The molecule has 146 valence electrons. The van der Waals surface area contributed by atoms with Crippen LogP contribution in [0.2, 0.25) is 0 Å². The van der Waals surface area contributed by atoms with Crippen LogP contribution >= 0.6 is 11.3 Å². The van der Waals surface area contributed by atoms with E-state index in [9.17, 15) is 13.2 Å². The zero-order valence-electron chi connectivity index (χ0n) is 15.1. The van der Waals surface area contributed by atoms with Crippen molar-refractivity contribution >= 4 is 33.0 Å². The van der Waals surface area contributed by atoms with E-state index in [1.165, 1.54) is 17.4 Å². The number of sulfonamides is 1. The Morgan fingerprint density at radius 2 is 2.07 bits per heavy atom. The molecule has 0 saturated heterocycles. The Balaban J connectivity index is 1.63. The second kappa shape index (κ2) is 8.46. The Morgan fingerprint density at radius 3 is 2.71 bits per heavy atom. The Kier molecular flexibility index (Phi) is 6.02. The maximum atomic E-state index is 12.4. The van der Waals surface area contributed by atoms with E-state index in [1.807, 2.05) is 13.2 Å². The van der Waals surface area contributed by atoms with Crippen molar-refractivity contribution in [2.24, 2.45) is 7.05 Å². The summed E-state index contributed by atoms with van der Waals surface area (Å²) >= 11 is 1.36. The highest BCUT2D eigenvalue weighted by Gasteiger charge is 2.14. The Bertz CT molecular complexity index is 1080. The normalized spacial score (nSPS) is 11.3. The third-order valence-corrected chi connectivity index (χ3v) is 5.92. The Hall–Kier alpha value is -2.82. The van der Waals surface area contributed by atoms with Gasteiger partial charge in [-0.25, -0.2) is 18.1 Å². The molecule has 0 aliphatic carbocycles. The number of nitrogens with one attached hydrogen (secondary N) is 2. The third-order valence-electron chi connectivity index (χ3n) is 3.70. The number of benzene rings is 1. The number of thiazole rings is 1. The van der Waals surface area contributed by atoms with Crippen molar-refractivity contribution in [1.29, 1.82) is 0 Å². The molecule has 0 bridgehead atoms. The minimum Gasteiger partial charge on any atom is -0.321 e. The van der Waals surface area contributed by atoms with Crippen LogP contribution in [0.1, 0.15) is 16.1 Å². The Morgan fingerprint density at radius 1 is 1.32 bits per heavy atom. The molecule has 0 spiro atoms. The number of carbonyl (C=O) groups is 1. The Labute approximate surface area is 167 Å². The SMILES string of the molecule is C=CCNS(=O)(=O)Cc1ccc(NC(=O)c2csc(-c3cnn(C)c3)n2)cc1. The molecule has 3 rings (SSSR count). The zero-order valence-corrected chi connectivity index (χ0v) is 16.8. The molecular weight excluding hydrogens is 398 g/mol. The molecule has 3 aromatic rings. The van der Waals surface area contributed by atoms with E-state index in [0.29, 0.717) is 22.0 Å². The number of rotatable bonds is 8. The van der Waals surface area contributed by atoms with Gasteiger partial charge in [0.1, 0.15) is 10.7 Å². The van der Waals surface area contributed by atoms with Crippen molar-refractivity contribution in [3.63, 3.8) is 0 Å². The number of aryl methyl sites for hydroxylation is 1. The molecule has 0 radical (unpaired) electrons. The van der Waals surface area contributed by atoms with Crippen LogP contribution in [0.5, 0.6) is 0 Å². The maximum absolute atomic E-state index is 12.4. The van der Waals surface area contributed by atoms with Crippen LogP contribution in [0, 0.1) is 0 Å². The van der Waals surface area contributed by atoms with E-state index < -0.39 is 10.0 Å². The summed E-state index contributed by atoms with van der Waals surface area (Å²) in [5.41, 5.74) is 2.33. The average molecular weight is 418 g/mol. The van der Waals surface area contributed by atoms with Crippen LogP contribution in [0.3, 0.4) is 0 Å². The number of hydrogen-bond donors (Lipinski definition) is 2. The van der Waals surface area contributed by atoms with E-state index in [4.69, 9.17) is 0 Å². The summed E-state index contributed by atoms with van der Waals surface area (Å²) in [7, 11) is -1.61. The van der Waals surface area contributed by atoms with Crippen molar-refractivity contribution in [1.82, 2.24) is 19.5 Å². The summed E-state index contributed by atoms with van der Waals surface area (Å²) in [4.78, 5) is 16.7. The molecule has 8 nitrogen and oxygen atoms in total. The molecule has 2 aromatic heterocycles. The molecule has 0 aliphatic rings. The minimum absolute atomic E-state index is 0.143. The third kappa shape index (κ3) is 5.12. The highest BCUT2D eigenvalue weighted by molar-refractivity contribution is 7.88. The lowest BCUT2D eigenvalue weighted by Gasteiger charge is -2.07. The van der Waals surface area contributed by atoms with Crippen LogP contribution in [-0.4, -0.2) is 35.6 Å². The summed E-state index contributed by atoms with van der Waals surface area (Å²) in [5.74, 6) is -0.477. The van der Waals surface area contributed by atoms with Gasteiger partial charge in [0.2, 0.25) is 10.0 Å². The van der Waals surface area contributed by atoms with Gasteiger partial charge in [0, 0.05) is 36.4 Å². The summed E-state index contributed by atoms with van der Waals surface area (Å²) in [5, 5.41) is 9.25. The van der Waals surface area contributed by atoms with Gasteiger partial charge in [-0.2, -0.15) is 5.10 Å². The van der Waals surface area contributed by atoms with Gasteiger partial charge in [0.05, 0.1) is 11.9 Å². The van der Waals surface area contributed by atoms with Gasteiger partial charge >= 0.3 is 0 Å². The fourth-order valence-corrected chi connectivity index (χ4v) is 4.26. The van der Waals surface area contributed by atoms with Gasteiger partial charge in [-0.15, -0.1) is 17.9 Å². The predicted octanol–water partition coefficient (Wildman–Crippen LogP) is 2.40. The molecule has 0 saturated carbocycles. The van der Waals surface area contributed by atoms with Crippen LogP contribution < -0.4 is 10.0 Å². The van der Waals surface area contributed by atoms with Gasteiger partial charge in [0.25, 0.3) is 5.91 Å². The van der Waals surface area contributed by atoms with Crippen LogP contribution in [0.25, 0.3) is 10.6 Å². The summed E-state index contributed by atoms with van der Waals surface area (Å²) in [6, 6.07) is 6.63. The van der Waals surface area contributed by atoms with Gasteiger partial charge in [-0.05, 0) is 17.7 Å². The number of nitrogens with zero attached hydrogens (tertiary/aromatic N) is 3. The van der Waals surface area contributed by atoms with E-state index in [0.717, 1.165) is 5.56 Å². The monoisotopic (exact) mass is 417 g/mol. The van der Waals surface area contributed by atoms with Crippen LogP contribution in [0.15, 0.2) is 54.7 Å². The fraction of sp³-hybridized carbons (Fsp3) is 0.167. The first-order valence-electron chi connectivity index (χ1n) is 8.29. The van der Waals surface area contributed by atoms with Gasteiger partial charge < -0.3 is 5.32 Å². The summed E-state index contributed by atoms with van der Waals surface area (Å²) in [6.45, 7) is 3.66. The molecule has 0 unspecified atom stereocenters. The van der Waals surface area contributed by atoms with Crippen molar-refractivity contribution in [3.8, 4) is 10.6 Å². The van der Waals surface area contributed by atoms with Gasteiger partial charge in [-0.1, -0.05) is 18.2 Å². The molecule has 2 N–H and O–H groups in total. The molecule has 0 fully saturated rings. The molecule has 0 atom stereocenters. The van der Waals surface area contributed by atoms with Crippen molar-refractivity contribution in [3.05, 3.63) is 66.0 Å². The summed E-state index contributed by atoms with van der Waals surface area (Å²) < 4.78 is 27.9. The lowest BCUT2D eigenvalue weighted by Crippen LogP contribution is -2.25. The fourth-order valence-electron chi connectivity index (χ4n) is 2.38. The minimum atomic E-state index is -3.42. The molecule has 1 aromatic carbocycles.